The molecule has 3 N–H and O–H groups in total. The number of amides is 1. The molecule has 0 aromatic heterocycles. The van der Waals surface area contributed by atoms with Gasteiger partial charge < -0.3 is 10.5 Å². The highest BCUT2D eigenvalue weighted by atomic mass is 32.2. The fraction of sp³-hybridized carbons (Fsp3) is 0.417. The van der Waals surface area contributed by atoms with E-state index in [1.54, 1.807) is 27.7 Å². The van der Waals surface area contributed by atoms with Crippen LogP contribution in [-0.4, -0.2) is 33.2 Å². The lowest BCUT2D eigenvalue weighted by Gasteiger charge is -2.36. The molecule has 9 heteroatoms. The van der Waals surface area contributed by atoms with Crippen LogP contribution in [-0.2, 0) is 36.2 Å². The van der Waals surface area contributed by atoms with Crippen molar-refractivity contribution < 1.29 is 27.1 Å². The van der Waals surface area contributed by atoms with E-state index in [1.165, 1.54) is 12.1 Å². The Balaban J connectivity index is 2.51. The molecule has 2 aromatic carbocycles. The van der Waals surface area contributed by atoms with E-state index in [4.69, 9.17) is 10.5 Å². The lowest BCUT2D eigenvalue weighted by atomic mass is 9.69. The molecular weight excluding hydrogens is 447 g/mol. The molecule has 0 aliphatic rings. The van der Waals surface area contributed by atoms with E-state index in [0.717, 1.165) is 17.9 Å². The van der Waals surface area contributed by atoms with Gasteiger partial charge in [-0.15, -0.1) is 0 Å². The molecule has 0 saturated heterocycles. The third kappa shape index (κ3) is 6.77. The topological polar surface area (TPSA) is 116 Å². The summed E-state index contributed by atoms with van der Waals surface area (Å²) in [6.07, 6.45) is 1.25. The maximum Gasteiger partial charge on any atom is 0.311 e. The van der Waals surface area contributed by atoms with Crippen molar-refractivity contribution in [1.82, 2.24) is 0 Å². The first-order chi connectivity index (χ1) is 15.1. The lowest BCUT2D eigenvalue weighted by Crippen LogP contribution is -2.48. The second-order valence-corrected chi connectivity index (χ2v) is 11.1. The first-order valence-corrected chi connectivity index (χ1v) is 12.3. The number of hydrogen-bond acceptors (Lipinski definition) is 5. The molecule has 0 saturated carbocycles. The predicted molar refractivity (Wildman–Crippen MR) is 125 cm³/mol. The third-order valence-corrected chi connectivity index (χ3v) is 6.14. The Bertz CT molecular complexity index is 1110. The highest BCUT2D eigenvalue weighted by molar-refractivity contribution is 7.92. The van der Waals surface area contributed by atoms with Crippen LogP contribution >= 0.6 is 0 Å². The zero-order chi connectivity index (χ0) is 25.0. The summed E-state index contributed by atoms with van der Waals surface area (Å²) in [5.41, 5.74) is 4.56. The van der Waals surface area contributed by atoms with Crippen molar-refractivity contribution in [3.8, 4) is 0 Å². The molecule has 1 amide bonds. The minimum Gasteiger partial charge on any atom is -0.465 e. The number of hydrogen-bond donors (Lipinski definition) is 2. The zero-order valence-corrected chi connectivity index (χ0v) is 20.3. The molecule has 33 heavy (non-hydrogen) atoms. The predicted octanol–water partition coefficient (Wildman–Crippen LogP) is 3.39. The Hall–Kier alpha value is -2.94. The monoisotopic (exact) mass is 478 g/mol. The number of benzene rings is 2. The van der Waals surface area contributed by atoms with Gasteiger partial charge in [-0.05, 0) is 57.4 Å². The smallest absolute Gasteiger partial charge is 0.311 e. The van der Waals surface area contributed by atoms with Gasteiger partial charge in [0.15, 0.2) is 0 Å². The highest BCUT2D eigenvalue weighted by Crippen LogP contribution is 2.37. The van der Waals surface area contributed by atoms with E-state index in [1.807, 2.05) is 30.3 Å². The number of nitrogens with two attached hydrogens (primary N) is 1. The molecule has 0 bridgehead atoms. The standard InChI is InChI=1S/C24H31FN2O5S/c1-23(2,3)22(29)32-15-18(13-16-9-7-6-8-10-16)24(4,21(26)28)17-11-12-20(19(25)14-17)27-33(5,30)31/h6-12,14,18,27H,13,15H2,1-5H3,(H2,26,28)/t18-,24-/m0/s1. The first-order valence-electron chi connectivity index (χ1n) is 10.4. The Morgan fingerprint density at radius 3 is 2.18 bits per heavy atom. The van der Waals surface area contributed by atoms with Crippen molar-refractivity contribution in [2.45, 2.75) is 39.5 Å². The van der Waals surface area contributed by atoms with Crippen molar-refractivity contribution in [2.75, 3.05) is 17.6 Å². The molecule has 2 atom stereocenters. The SMILES string of the molecule is CC(C)(C)C(=O)OC[C@H](Cc1ccccc1)[C@@](C)(C(N)=O)c1ccc(NS(C)(=O)=O)c(F)c1. The van der Waals surface area contributed by atoms with Crippen LogP contribution in [0.4, 0.5) is 10.1 Å². The molecule has 0 heterocycles. The van der Waals surface area contributed by atoms with Crippen LogP contribution in [0.1, 0.15) is 38.8 Å². The van der Waals surface area contributed by atoms with Gasteiger partial charge in [0.05, 0.1) is 29.4 Å². The largest absolute Gasteiger partial charge is 0.465 e. The Kier molecular flexibility index (Phi) is 7.90. The maximum atomic E-state index is 14.8. The van der Waals surface area contributed by atoms with Gasteiger partial charge in [-0.3, -0.25) is 14.3 Å². The summed E-state index contributed by atoms with van der Waals surface area (Å²) in [5, 5.41) is 0. The molecule has 0 radical (unpaired) electrons. The molecule has 2 aromatic rings. The molecule has 0 unspecified atom stereocenters. The van der Waals surface area contributed by atoms with Gasteiger partial charge >= 0.3 is 5.97 Å². The average molecular weight is 479 g/mol. The van der Waals surface area contributed by atoms with Crippen LogP contribution < -0.4 is 10.5 Å². The molecule has 0 aliphatic carbocycles. The second kappa shape index (κ2) is 9.91. The van der Waals surface area contributed by atoms with Crippen molar-refractivity contribution in [1.29, 1.82) is 0 Å². The van der Waals surface area contributed by atoms with E-state index in [0.29, 0.717) is 6.42 Å². The van der Waals surface area contributed by atoms with Gasteiger partial charge in [-0.1, -0.05) is 36.4 Å². The summed E-state index contributed by atoms with van der Waals surface area (Å²) in [6, 6.07) is 13.1. The van der Waals surface area contributed by atoms with Gasteiger partial charge in [0, 0.05) is 5.92 Å². The van der Waals surface area contributed by atoms with E-state index in [2.05, 4.69) is 4.72 Å². The van der Waals surface area contributed by atoms with Gasteiger partial charge in [0.2, 0.25) is 15.9 Å². The number of carbonyl (C=O) groups is 2. The quantitative estimate of drug-likeness (QED) is 0.536. The first kappa shape index (κ1) is 26.3. The van der Waals surface area contributed by atoms with Crippen molar-refractivity contribution in [2.24, 2.45) is 17.1 Å². The number of rotatable bonds is 9. The number of sulfonamides is 1. The molecule has 0 aliphatic heterocycles. The van der Waals surface area contributed by atoms with Gasteiger partial charge in [-0.25, -0.2) is 12.8 Å². The number of anilines is 1. The molecule has 0 spiro atoms. The normalized spacial score (nSPS) is 14.7. The van der Waals surface area contributed by atoms with E-state index < -0.39 is 44.5 Å². The Morgan fingerprint density at radius 2 is 1.70 bits per heavy atom. The van der Waals surface area contributed by atoms with Crippen LogP contribution in [0.25, 0.3) is 0 Å². The van der Waals surface area contributed by atoms with Gasteiger partial charge in [0.25, 0.3) is 0 Å². The van der Waals surface area contributed by atoms with E-state index in [-0.39, 0.29) is 17.9 Å². The lowest BCUT2D eigenvalue weighted by molar-refractivity contribution is -0.156. The number of primary amides is 1. The summed E-state index contributed by atoms with van der Waals surface area (Å²) in [4.78, 5) is 25.2. The van der Waals surface area contributed by atoms with Gasteiger partial charge in [0.1, 0.15) is 5.82 Å². The van der Waals surface area contributed by atoms with Crippen LogP contribution in [0, 0.1) is 17.2 Å². The number of halogens is 1. The highest BCUT2D eigenvalue weighted by Gasteiger charge is 2.43. The zero-order valence-electron chi connectivity index (χ0n) is 19.5. The van der Waals surface area contributed by atoms with E-state index in [9.17, 15) is 22.4 Å². The molecule has 7 nitrogen and oxygen atoms in total. The fourth-order valence-electron chi connectivity index (χ4n) is 3.42. The number of esters is 1. The average Bonchev–Trinajstić information content (AvgIpc) is 2.70. The summed E-state index contributed by atoms with van der Waals surface area (Å²) < 4.78 is 45.4. The molecular formula is C24H31FN2O5S. The van der Waals surface area contributed by atoms with Crippen LogP contribution in [0.15, 0.2) is 48.5 Å². The van der Waals surface area contributed by atoms with Crippen LogP contribution in [0.5, 0.6) is 0 Å². The van der Waals surface area contributed by atoms with Crippen molar-refractivity contribution >= 4 is 27.6 Å². The van der Waals surface area contributed by atoms with Crippen molar-refractivity contribution in [3.05, 3.63) is 65.5 Å². The Labute approximate surface area is 194 Å². The van der Waals surface area contributed by atoms with Gasteiger partial charge in [-0.2, -0.15) is 0 Å². The fourth-order valence-corrected chi connectivity index (χ4v) is 3.99. The van der Waals surface area contributed by atoms with E-state index >= 15 is 0 Å². The maximum absolute atomic E-state index is 14.8. The molecule has 180 valence electrons. The number of ether oxygens (including phenoxy) is 1. The molecule has 0 fully saturated rings. The summed E-state index contributed by atoms with van der Waals surface area (Å²) >= 11 is 0. The van der Waals surface area contributed by atoms with Crippen LogP contribution in [0.2, 0.25) is 0 Å². The number of nitrogens with one attached hydrogen (secondary N) is 1. The van der Waals surface area contributed by atoms with Crippen molar-refractivity contribution in [3.63, 3.8) is 0 Å². The third-order valence-electron chi connectivity index (χ3n) is 5.55. The summed E-state index contributed by atoms with van der Waals surface area (Å²) in [6.45, 7) is 6.62. The van der Waals surface area contributed by atoms with Crippen LogP contribution in [0.3, 0.4) is 0 Å². The molecule has 2 rings (SSSR count). The summed E-state index contributed by atoms with van der Waals surface area (Å²) in [5.74, 6) is -2.63. The second-order valence-electron chi connectivity index (χ2n) is 9.37. The Morgan fingerprint density at radius 1 is 1.09 bits per heavy atom. The number of carbonyl (C=O) groups excluding carboxylic acids is 2. The minimum absolute atomic E-state index is 0.116. The summed E-state index contributed by atoms with van der Waals surface area (Å²) in [7, 11) is -3.69. The minimum atomic E-state index is -3.69.